The van der Waals surface area contributed by atoms with E-state index in [-0.39, 0.29) is 18.3 Å². The molecule has 1 unspecified atom stereocenters. The van der Waals surface area contributed by atoms with Crippen LogP contribution in [-0.2, 0) is 11.4 Å². The predicted octanol–water partition coefficient (Wildman–Crippen LogP) is 5.32. The average molecular weight is 500 g/mol. The largest absolute Gasteiger partial charge is 0.490 e. The lowest BCUT2D eigenvalue weighted by Gasteiger charge is -2.29. The third-order valence-corrected chi connectivity index (χ3v) is 6.00. The minimum atomic E-state index is -0.567. The number of halogens is 1. The van der Waals surface area contributed by atoms with E-state index < -0.39 is 6.04 Å². The van der Waals surface area contributed by atoms with Crippen LogP contribution in [0.15, 0.2) is 90.4 Å². The number of hydrogen-bond donors (Lipinski definition) is 2. The smallest absolute Gasteiger partial charge is 0.255 e. The van der Waals surface area contributed by atoms with Gasteiger partial charge in [0.2, 0.25) is 5.95 Å². The molecule has 2 heterocycles. The topological polar surface area (TPSA) is 90.3 Å². The van der Waals surface area contributed by atoms with Crippen LogP contribution < -0.4 is 20.1 Å². The second kappa shape index (κ2) is 10.5. The molecule has 188 valence electrons. The summed E-state index contributed by atoms with van der Waals surface area (Å²) in [6, 6.07) is 20.6. The van der Waals surface area contributed by atoms with Crippen molar-refractivity contribution in [3.05, 3.63) is 107 Å². The first-order valence-electron chi connectivity index (χ1n) is 11.9. The number of benzene rings is 3. The van der Waals surface area contributed by atoms with Crippen LogP contribution in [0, 0.1) is 5.82 Å². The van der Waals surface area contributed by atoms with Gasteiger partial charge in [-0.15, -0.1) is 0 Å². The standard InChI is InChI=1S/C28H26FN5O3/c1-3-36-24-15-19(13-14-23(24)37-16-20-9-7-8-12-22(20)29)26-25(18(2)32-28-30-17-31-34(26)28)27(35)33-21-10-5-4-6-11-21/h4-15,17,26H,3,16H2,1-2H3,(H,33,35)(H,30,31,32). The molecule has 1 aromatic heterocycles. The van der Waals surface area contributed by atoms with E-state index in [1.54, 1.807) is 28.9 Å². The molecule has 0 saturated carbocycles. The number of carbonyl (C=O) groups is 1. The number of allylic oxidation sites excluding steroid dienone is 1. The summed E-state index contributed by atoms with van der Waals surface area (Å²) in [4.78, 5) is 17.8. The van der Waals surface area contributed by atoms with Gasteiger partial charge in [0.05, 0.1) is 12.2 Å². The maximum atomic E-state index is 14.1. The Balaban J connectivity index is 1.50. The van der Waals surface area contributed by atoms with Gasteiger partial charge in [-0.3, -0.25) is 4.79 Å². The molecule has 9 heteroatoms. The highest BCUT2D eigenvalue weighted by molar-refractivity contribution is 6.06. The minimum Gasteiger partial charge on any atom is -0.490 e. The van der Waals surface area contributed by atoms with Crippen molar-refractivity contribution in [3.8, 4) is 11.5 Å². The fourth-order valence-corrected chi connectivity index (χ4v) is 4.27. The highest BCUT2D eigenvalue weighted by Crippen LogP contribution is 2.39. The summed E-state index contributed by atoms with van der Waals surface area (Å²) in [6.07, 6.45) is 1.44. The van der Waals surface area contributed by atoms with Gasteiger partial charge in [-0.25, -0.2) is 9.07 Å². The van der Waals surface area contributed by atoms with Gasteiger partial charge in [0.25, 0.3) is 5.91 Å². The Kier molecular flexibility index (Phi) is 6.85. The zero-order chi connectivity index (χ0) is 25.8. The molecule has 1 aliphatic rings. The van der Waals surface area contributed by atoms with Gasteiger partial charge < -0.3 is 20.1 Å². The fraction of sp³-hybridized carbons (Fsp3) is 0.179. The molecule has 0 spiro atoms. The van der Waals surface area contributed by atoms with Crippen molar-refractivity contribution in [3.63, 3.8) is 0 Å². The zero-order valence-corrected chi connectivity index (χ0v) is 20.4. The highest BCUT2D eigenvalue weighted by Gasteiger charge is 2.34. The molecular formula is C28H26FN5O3. The van der Waals surface area contributed by atoms with E-state index in [0.29, 0.717) is 46.6 Å². The van der Waals surface area contributed by atoms with Gasteiger partial charge in [0, 0.05) is 16.9 Å². The molecule has 1 aliphatic heterocycles. The number of carbonyl (C=O) groups excluding carboxylic acids is 1. The molecule has 0 fully saturated rings. The number of nitrogens with one attached hydrogen (secondary N) is 2. The van der Waals surface area contributed by atoms with Crippen LogP contribution in [0.1, 0.15) is 31.0 Å². The summed E-state index contributed by atoms with van der Waals surface area (Å²) >= 11 is 0. The third kappa shape index (κ3) is 5.02. The summed E-state index contributed by atoms with van der Waals surface area (Å²) in [5.41, 5.74) is 3.04. The second-order valence-corrected chi connectivity index (χ2v) is 8.43. The Bertz CT molecular complexity index is 1450. The van der Waals surface area contributed by atoms with Gasteiger partial charge in [-0.2, -0.15) is 10.1 Å². The van der Waals surface area contributed by atoms with Crippen LogP contribution in [0.3, 0.4) is 0 Å². The van der Waals surface area contributed by atoms with Crippen molar-refractivity contribution in [2.45, 2.75) is 26.5 Å². The number of hydrogen-bond acceptors (Lipinski definition) is 6. The van der Waals surface area contributed by atoms with Crippen molar-refractivity contribution in [1.29, 1.82) is 0 Å². The maximum absolute atomic E-state index is 14.1. The van der Waals surface area contributed by atoms with Crippen LogP contribution in [0.25, 0.3) is 0 Å². The van der Waals surface area contributed by atoms with Crippen molar-refractivity contribution < 1.29 is 18.7 Å². The van der Waals surface area contributed by atoms with Crippen LogP contribution in [-0.4, -0.2) is 27.3 Å². The molecule has 0 radical (unpaired) electrons. The van der Waals surface area contributed by atoms with Gasteiger partial charge >= 0.3 is 0 Å². The summed E-state index contributed by atoms with van der Waals surface area (Å²) in [5.74, 6) is 0.881. The number of anilines is 2. The Morgan fingerprint density at radius 3 is 2.62 bits per heavy atom. The van der Waals surface area contributed by atoms with Crippen molar-refractivity contribution in [1.82, 2.24) is 14.8 Å². The molecule has 4 aromatic rings. The van der Waals surface area contributed by atoms with Crippen molar-refractivity contribution in [2.75, 3.05) is 17.2 Å². The van der Waals surface area contributed by atoms with Gasteiger partial charge in [-0.05, 0) is 49.7 Å². The lowest BCUT2D eigenvalue weighted by atomic mass is 9.94. The number of aromatic nitrogens is 3. The zero-order valence-electron chi connectivity index (χ0n) is 20.4. The predicted molar refractivity (Wildman–Crippen MR) is 138 cm³/mol. The molecule has 1 atom stereocenters. The van der Waals surface area contributed by atoms with E-state index in [4.69, 9.17) is 9.47 Å². The normalized spacial score (nSPS) is 14.5. The molecular weight excluding hydrogens is 473 g/mol. The number of para-hydroxylation sites is 1. The fourth-order valence-electron chi connectivity index (χ4n) is 4.27. The molecule has 5 rings (SSSR count). The van der Waals surface area contributed by atoms with Crippen LogP contribution in [0.4, 0.5) is 16.0 Å². The first-order valence-corrected chi connectivity index (χ1v) is 11.9. The Morgan fingerprint density at radius 2 is 1.84 bits per heavy atom. The molecule has 3 aromatic carbocycles. The number of rotatable bonds is 8. The van der Waals surface area contributed by atoms with Gasteiger partial charge in [0.15, 0.2) is 11.5 Å². The molecule has 8 nitrogen and oxygen atoms in total. The molecule has 37 heavy (non-hydrogen) atoms. The van der Waals surface area contributed by atoms with E-state index in [0.717, 1.165) is 5.56 Å². The molecule has 2 N–H and O–H groups in total. The molecule has 1 amide bonds. The van der Waals surface area contributed by atoms with E-state index in [2.05, 4.69) is 20.7 Å². The summed E-state index contributed by atoms with van der Waals surface area (Å²) in [6.45, 7) is 4.16. The average Bonchev–Trinajstić information content (AvgIpc) is 3.36. The monoisotopic (exact) mass is 499 g/mol. The van der Waals surface area contributed by atoms with Gasteiger partial charge in [0.1, 0.15) is 24.8 Å². The Labute approximate surface area is 213 Å². The van der Waals surface area contributed by atoms with E-state index in [1.807, 2.05) is 56.3 Å². The Hall–Kier alpha value is -4.66. The van der Waals surface area contributed by atoms with Gasteiger partial charge in [-0.1, -0.05) is 42.5 Å². The Morgan fingerprint density at radius 1 is 1.05 bits per heavy atom. The molecule has 0 aliphatic carbocycles. The lowest BCUT2D eigenvalue weighted by molar-refractivity contribution is -0.113. The summed E-state index contributed by atoms with van der Waals surface area (Å²) in [7, 11) is 0. The van der Waals surface area contributed by atoms with E-state index >= 15 is 0 Å². The summed E-state index contributed by atoms with van der Waals surface area (Å²) < 4.78 is 27.6. The van der Waals surface area contributed by atoms with E-state index in [1.165, 1.54) is 12.4 Å². The molecule has 0 bridgehead atoms. The number of ether oxygens (including phenoxy) is 2. The minimum absolute atomic E-state index is 0.0520. The first-order chi connectivity index (χ1) is 18.0. The maximum Gasteiger partial charge on any atom is 0.255 e. The highest BCUT2D eigenvalue weighted by atomic mass is 19.1. The SMILES string of the molecule is CCOc1cc(C2C(C(=O)Nc3ccccc3)=C(C)Nc3ncnn32)ccc1OCc1ccccc1F. The second-order valence-electron chi connectivity index (χ2n) is 8.43. The first kappa shape index (κ1) is 24.1. The van der Waals surface area contributed by atoms with Crippen LogP contribution in [0.2, 0.25) is 0 Å². The number of nitrogens with zero attached hydrogens (tertiary/aromatic N) is 3. The quantitative estimate of drug-likeness (QED) is 0.341. The van der Waals surface area contributed by atoms with Crippen molar-refractivity contribution in [2.24, 2.45) is 0 Å². The number of fused-ring (bicyclic) bond motifs is 1. The van der Waals surface area contributed by atoms with Crippen LogP contribution in [0.5, 0.6) is 11.5 Å². The molecule has 0 saturated heterocycles. The van der Waals surface area contributed by atoms with E-state index in [9.17, 15) is 9.18 Å². The third-order valence-electron chi connectivity index (χ3n) is 6.00. The number of amides is 1. The van der Waals surface area contributed by atoms with Crippen LogP contribution >= 0.6 is 0 Å². The lowest BCUT2D eigenvalue weighted by Crippen LogP contribution is -2.31. The van der Waals surface area contributed by atoms with Crippen molar-refractivity contribution >= 4 is 17.5 Å². The summed E-state index contributed by atoms with van der Waals surface area (Å²) in [5, 5.41) is 10.5.